The monoisotopic (exact) mass is 256 g/mol. The Labute approximate surface area is 104 Å². The quantitative estimate of drug-likeness (QED) is 0.892. The normalized spacial score (nSPS) is 20.5. The van der Waals surface area contributed by atoms with Crippen molar-refractivity contribution >= 4 is 22.4 Å². The molecule has 1 fully saturated rings. The fraction of sp³-hybridized carbons (Fsp3) is 0.636. The van der Waals surface area contributed by atoms with Gasteiger partial charge in [-0.25, -0.2) is 4.98 Å². The molecule has 0 aliphatic carbocycles. The van der Waals surface area contributed by atoms with Crippen molar-refractivity contribution in [3.63, 3.8) is 0 Å². The van der Waals surface area contributed by atoms with E-state index in [0.29, 0.717) is 30.9 Å². The minimum Gasteiger partial charge on any atom is -0.376 e. The number of hydrogen-bond acceptors (Lipinski definition) is 5. The number of aromatic nitrogens is 1. The van der Waals surface area contributed by atoms with Crippen molar-refractivity contribution in [2.75, 3.05) is 25.1 Å². The van der Waals surface area contributed by atoms with Gasteiger partial charge in [0.1, 0.15) is 0 Å². The molecule has 0 saturated carbocycles. The lowest BCUT2D eigenvalue weighted by Gasteiger charge is -2.21. The number of nitrogens with zero attached hydrogens (tertiary/aromatic N) is 1. The van der Waals surface area contributed by atoms with Gasteiger partial charge in [-0.15, -0.1) is 11.3 Å². The summed E-state index contributed by atoms with van der Waals surface area (Å²) in [4.78, 5) is 16.1. The number of amides is 1. The third kappa shape index (κ3) is 3.24. The summed E-state index contributed by atoms with van der Waals surface area (Å²) in [7, 11) is 0. The molecule has 1 atom stereocenters. The lowest BCUT2D eigenvalue weighted by molar-refractivity contribution is -0.142. The first kappa shape index (κ1) is 12.5. The Morgan fingerprint density at radius 2 is 2.41 bits per heavy atom. The molecule has 2 heterocycles. The van der Waals surface area contributed by atoms with Crippen molar-refractivity contribution < 1.29 is 14.3 Å². The van der Waals surface area contributed by atoms with Gasteiger partial charge in [0.25, 0.3) is 5.91 Å². The summed E-state index contributed by atoms with van der Waals surface area (Å²) in [6.45, 7) is 5.47. The van der Waals surface area contributed by atoms with Crippen LogP contribution in [0.2, 0.25) is 0 Å². The molecular formula is C11H16N2O3S. The van der Waals surface area contributed by atoms with Crippen LogP contribution in [-0.2, 0) is 14.3 Å². The number of anilines is 1. The van der Waals surface area contributed by atoms with E-state index in [9.17, 15) is 4.79 Å². The molecule has 0 bridgehead atoms. The summed E-state index contributed by atoms with van der Waals surface area (Å²) < 4.78 is 10.5. The second-order valence-corrected chi connectivity index (χ2v) is 5.01. The lowest BCUT2D eigenvalue weighted by Crippen LogP contribution is -2.39. The van der Waals surface area contributed by atoms with E-state index in [1.54, 1.807) is 0 Å². The summed E-state index contributed by atoms with van der Waals surface area (Å²) in [5.74, 6) is 0.181. The lowest BCUT2D eigenvalue weighted by atomic mass is 10.2. The number of hydrogen-bond donors (Lipinski definition) is 1. The largest absolute Gasteiger partial charge is 0.376 e. The molecule has 0 radical (unpaired) electrons. The highest BCUT2D eigenvalue weighted by molar-refractivity contribution is 7.13. The maximum atomic E-state index is 11.8. The Bertz CT molecular complexity index is 386. The average molecular weight is 256 g/mol. The van der Waals surface area contributed by atoms with Crippen LogP contribution in [0, 0.1) is 0 Å². The van der Waals surface area contributed by atoms with Gasteiger partial charge >= 0.3 is 0 Å². The van der Waals surface area contributed by atoms with Crippen molar-refractivity contribution in [2.24, 2.45) is 0 Å². The Balaban J connectivity index is 1.92. The summed E-state index contributed by atoms with van der Waals surface area (Å²) in [5.41, 5.74) is 0.992. The molecule has 6 heteroatoms. The van der Waals surface area contributed by atoms with E-state index >= 15 is 0 Å². The van der Waals surface area contributed by atoms with Gasteiger partial charge in [0, 0.05) is 5.38 Å². The molecule has 1 aliphatic rings. The predicted molar refractivity (Wildman–Crippen MR) is 65.4 cm³/mol. The minimum absolute atomic E-state index is 0.186. The molecule has 1 amide bonds. The zero-order chi connectivity index (χ0) is 12.3. The van der Waals surface area contributed by atoms with E-state index in [1.807, 2.05) is 5.38 Å². The molecule has 0 spiro atoms. The molecule has 1 aromatic rings. The zero-order valence-corrected chi connectivity index (χ0v) is 10.8. The molecule has 1 aromatic heterocycles. The van der Waals surface area contributed by atoms with Crippen LogP contribution in [0.15, 0.2) is 5.38 Å². The van der Waals surface area contributed by atoms with Crippen LogP contribution in [0.1, 0.15) is 25.5 Å². The molecule has 0 aromatic carbocycles. The molecule has 17 heavy (non-hydrogen) atoms. The third-order valence-corrected chi connectivity index (χ3v) is 3.23. The van der Waals surface area contributed by atoms with Gasteiger partial charge in [-0.2, -0.15) is 0 Å². The second kappa shape index (κ2) is 5.57. The van der Waals surface area contributed by atoms with Crippen LogP contribution in [0.5, 0.6) is 0 Å². The van der Waals surface area contributed by atoms with Gasteiger partial charge in [0.15, 0.2) is 11.2 Å². The van der Waals surface area contributed by atoms with Crippen LogP contribution in [0.25, 0.3) is 0 Å². The highest BCUT2D eigenvalue weighted by atomic mass is 32.1. The van der Waals surface area contributed by atoms with Crippen molar-refractivity contribution in [3.8, 4) is 0 Å². The van der Waals surface area contributed by atoms with Crippen molar-refractivity contribution in [3.05, 3.63) is 11.1 Å². The van der Waals surface area contributed by atoms with Gasteiger partial charge < -0.3 is 9.47 Å². The molecule has 1 saturated heterocycles. The first-order valence-corrected chi connectivity index (χ1v) is 6.50. The topological polar surface area (TPSA) is 60.5 Å². The Morgan fingerprint density at radius 1 is 1.59 bits per heavy atom. The molecule has 1 N–H and O–H groups in total. The number of carbonyl (C=O) groups excluding carboxylic acids is 1. The zero-order valence-electron chi connectivity index (χ0n) is 9.93. The first-order chi connectivity index (χ1) is 8.16. The SMILES string of the molecule is CC(C)c1csc(NC(=O)C2COCCO2)n1. The van der Waals surface area contributed by atoms with Crippen molar-refractivity contribution in [1.29, 1.82) is 0 Å². The van der Waals surface area contributed by atoms with Gasteiger partial charge in [-0.05, 0) is 5.92 Å². The van der Waals surface area contributed by atoms with E-state index in [4.69, 9.17) is 9.47 Å². The standard InChI is InChI=1S/C11H16N2O3S/c1-7(2)8-6-17-11(12-8)13-10(14)9-5-15-3-4-16-9/h6-7,9H,3-5H2,1-2H3,(H,12,13,14). The first-order valence-electron chi connectivity index (χ1n) is 5.62. The molecular weight excluding hydrogens is 240 g/mol. The predicted octanol–water partition coefficient (Wildman–Crippen LogP) is 1.62. The minimum atomic E-state index is -0.518. The number of ether oxygens (including phenoxy) is 2. The third-order valence-electron chi connectivity index (χ3n) is 2.45. The fourth-order valence-electron chi connectivity index (χ4n) is 1.43. The maximum absolute atomic E-state index is 11.8. The average Bonchev–Trinajstić information content (AvgIpc) is 2.79. The Morgan fingerprint density at radius 3 is 3.00 bits per heavy atom. The summed E-state index contributed by atoms with van der Waals surface area (Å²) in [5, 5.41) is 5.33. The molecule has 5 nitrogen and oxygen atoms in total. The van der Waals surface area contributed by atoms with Gasteiger partial charge in [-0.1, -0.05) is 13.8 Å². The number of nitrogens with one attached hydrogen (secondary N) is 1. The molecule has 94 valence electrons. The van der Waals surface area contributed by atoms with E-state index in [-0.39, 0.29) is 5.91 Å². The van der Waals surface area contributed by atoms with Crippen LogP contribution < -0.4 is 5.32 Å². The van der Waals surface area contributed by atoms with Gasteiger partial charge in [-0.3, -0.25) is 10.1 Å². The highest BCUT2D eigenvalue weighted by Gasteiger charge is 2.23. The van der Waals surface area contributed by atoms with Crippen molar-refractivity contribution in [1.82, 2.24) is 4.98 Å². The molecule has 2 rings (SSSR count). The van der Waals surface area contributed by atoms with E-state index < -0.39 is 6.10 Å². The second-order valence-electron chi connectivity index (χ2n) is 4.16. The van der Waals surface area contributed by atoms with Gasteiger partial charge in [0.2, 0.25) is 0 Å². The van der Waals surface area contributed by atoms with E-state index in [2.05, 4.69) is 24.1 Å². The number of thiazole rings is 1. The van der Waals surface area contributed by atoms with Crippen LogP contribution in [0.3, 0.4) is 0 Å². The molecule has 1 aliphatic heterocycles. The van der Waals surface area contributed by atoms with Crippen molar-refractivity contribution in [2.45, 2.75) is 25.9 Å². The maximum Gasteiger partial charge on any atom is 0.257 e. The summed E-state index contributed by atoms with van der Waals surface area (Å²) in [6, 6.07) is 0. The van der Waals surface area contributed by atoms with Crippen LogP contribution in [-0.4, -0.2) is 36.8 Å². The van der Waals surface area contributed by atoms with Gasteiger partial charge in [0.05, 0.1) is 25.5 Å². The number of carbonyl (C=O) groups is 1. The number of rotatable bonds is 3. The van der Waals surface area contributed by atoms with Crippen LogP contribution in [0.4, 0.5) is 5.13 Å². The Hall–Kier alpha value is -0.980. The highest BCUT2D eigenvalue weighted by Crippen LogP contribution is 2.21. The Kier molecular flexibility index (Phi) is 4.09. The van der Waals surface area contributed by atoms with E-state index in [0.717, 1.165) is 5.69 Å². The van der Waals surface area contributed by atoms with E-state index in [1.165, 1.54) is 11.3 Å². The van der Waals surface area contributed by atoms with Crippen LogP contribution >= 0.6 is 11.3 Å². The summed E-state index contributed by atoms with van der Waals surface area (Å²) in [6.07, 6.45) is -0.518. The smallest absolute Gasteiger partial charge is 0.257 e. The summed E-state index contributed by atoms with van der Waals surface area (Å²) >= 11 is 1.43. The fourth-order valence-corrected chi connectivity index (χ4v) is 2.31. The molecule has 1 unspecified atom stereocenters.